The summed E-state index contributed by atoms with van der Waals surface area (Å²) in [6.07, 6.45) is 0. The fraction of sp³-hybridized carbons (Fsp3) is 0.462. The third kappa shape index (κ3) is 3.70. The monoisotopic (exact) mass is 254 g/mol. The second-order valence-electron chi connectivity index (χ2n) is 4.41. The molecule has 1 aromatic rings. The molecule has 1 amide bonds. The summed E-state index contributed by atoms with van der Waals surface area (Å²) in [7, 11) is 1.39. The highest BCUT2D eigenvalue weighted by atomic mass is 19.1. The van der Waals surface area contributed by atoms with E-state index < -0.39 is 17.6 Å². The Morgan fingerprint density at radius 2 is 2.17 bits per heavy atom. The molecule has 0 aliphatic heterocycles. The van der Waals surface area contributed by atoms with E-state index in [9.17, 15) is 9.18 Å². The van der Waals surface area contributed by atoms with Gasteiger partial charge in [0, 0.05) is 12.6 Å². The lowest BCUT2D eigenvalue weighted by atomic mass is 9.98. The van der Waals surface area contributed by atoms with Crippen molar-refractivity contribution in [3.63, 3.8) is 0 Å². The Morgan fingerprint density at radius 3 is 2.61 bits per heavy atom. The van der Waals surface area contributed by atoms with Crippen molar-refractivity contribution in [2.24, 2.45) is 5.73 Å². The molecule has 0 heterocycles. The Bertz CT molecular complexity index is 421. The van der Waals surface area contributed by atoms with Crippen molar-refractivity contribution in [1.82, 2.24) is 5.32 Å². The molecule has 100 valence electrons. The molecular formula is C13H19FN2O2. The second-order valence-corrected chi connectivity index (χ2v) is 4.41. The molecule has 0 bridgehead atoms. The van der Waals surface area contributed by atoms with Crippen LogP contribution in [0.4, 0.5) is 4.39 Å². The largest absolute Gasteiger partial charge is 0.494 e. The highest BCUT2D eigenvalue weighted by Crippen LogP contribution is 2.22. The first kappa shape index (κ1) is 14.4. The summed E-state index contributed by atoms with van der Waals surface area (Å²) < 4.78 is 18.4. The van der Waals surface area contributed by atoms with Crippen LogP contribution in [0.25, 0.3) is 0 Å². The van der Waals surface area contributed by atoms with Gasteiger partial charge in [0.2, 0.25) is 5.91 Å². The lowest BCUT2D eigenvalue weighted by molar-refractivity contribution is -0.119. The van der Waals surface area contributed by atoms with E-state index >= 15 is 0 Å². The normalized spacial score (nSPS) is 12.5. The van der Waals surface area contributed by atoms with Crippen LogP contribution in [-0.2, 0) is 4.79 Å². The predicted octanol–water partition coefficient (Wildman–Crippen LogP) is 1.40. The van der Waals surface area contributed by atoms with Gasteiger partial charge in [0.25, 0.3) is 0 Å². The van der Waals surface area contributed by atoms with Gasteiger partial charge >= 0.3 is 0 Å². The van der Waals surface area contributed by atoms with E-state index in [2.05, 4.69) is 5.32 Å². The minimum absolute atomic E-state index is 0.152. The fourth-order valence-electron chi connectivity index (χ4n) is 1.64. The summed E-state index contributed by atoms with van der Waals surface area (Å²) in [5, 5.41) is 3.12. The van der Waals surface area contributed by atoms with Gasteiger partial charge in [-0.25, -0.2) is 4.39 Å². The fourth-order valence-corrected chi connectivity index (χ4v) is 1.64. The molecule has 0 spiro atoms. The minimum Gasteiger partial charge on any atom is -0.494 e. The molecule has 0 saturated carbocycles. The maximum absolute atomic E-state index is 13.6. The van der Waals surface area contributed by atoms with Crippen molar-refractivity contribution in [2.75, 3.05) is 13.7 Å². The van der Waals surface area contributed by atoms with Crippen molar-refractivity contribution in [3.05, 3.63) is 29.6 Å². The van der Waals surface area contributed by atoms with Crippen LogP contribution in [0.1, 0.15) is 25.3 Å². The number of ether oxygens (including phenoxy) is 1. The number of nitrogens with two attached hydrogens (primary N) is 1. The highest BCUT2D eigenvalue weighted by molar-refractivity contribution is 5.82. The molecule has 0 aromatic heterocycles. The first-order chi connectivity index (χ1) is 8.45. The molecule has 1 rings (SSSR count). The number of amides is 1. The van der Waals surface area contributed by atoms with E-state index in [0.29, 0.717) is 12.1 Å². The number of rotatable bonds is 6. The predicted molar refractivity (Wildman–Crippen MR) is 68.0 cm³/mol. The quantitative estimate of drug-likeness (QED) is 0.806. The number of nitrogens with one attached hydrogen (secondary N) is 1. The van der Waals surface area contributed by atoms with Gasteiger partial charge < -0.3 is 15.8 Å². The van der Waals surface area contributed by atoms with Crippen molar-refractivity contribution < 1.29 is 13.9 Å². The third-order valence-electron chi connectivity index (χ3n) is 2.65. The number of methoxy groups -OCH3 is 1. The average Bonchev–Trinajstić information content (AvgIpc) is 2.28. The smallest absolute Gasteiger partial charge is 0.226 e. The zero-order valence-corrected chi connectivity index (χ0v) is 10.9. The van der Waals surface area contributed by atoms with E-state index in [-0.39, 0.29) is 11.8 Å². The standard InChI is InChI=1S/C13H19FN2O2/c1-8(2)16-7-10(13(15)17)9-4-5-12(18-3)11(14)6-9/h4-6,8,10,16H,7H2,1-3H3,(H2,15,17)/t10-/m1/s1. The first-order valence-corrected chi connectivity index (χ1v) is 5.81. The summed E-state index contributed by atoms with van der Waals surface area (Å²) in [4.78, 5) is 11.4. The maximum Gasteiger partial charge on any atom is 0.226 e. The molecule has 0 saturated heterocycles. The van der Waals surface area contributed by atoms with Crippen molar-refractivity contribution in [2.45, 2.75) is 25.8 Å². The number of benzene rings is 1. The van der Waals surface area contributed by atoms with Gasteiger partial charge in [0.1, 0.15) is 0 Å². The van der Waals surface area contributed by atoms with Gasteiger partial charge in [-0.15, -0.1) is 0 Å². The SMILES string of the molecule is COc1ccc([C@@H](CNC(C)C)C(N)=O)cc1F. The van der Waals surface area contributed by atoms with Gasteiger partial charge in [0.15, 0.2) is 11.6 Å². The maximum atomic E-state index is 13.6. The Morgan fingerprint density at radius 1 is 1.50 bits per heavy atom. The van der Waals surface area contributed by atoms with Crippen LogP contribution in [0.15, 0.2) is 18.2 Å². The van der Waals surface area contributed by atoms with Crippen LogP contribution in [0, 0.1) is 5.82 Å². The molecule has 18 heavy (non-hydrogen) atoms. The third-order valence-corrected chi connectivity index (χ3v) is 2.65. The molecule has 0 aliphatic carbocycles. The summed E-state index contributed by atoms with van der Waals surface area (Å²) in [6.45, 7) is 4.32. The number of carbonyl (C=O) groups excluding carboxylic acids is 1. The van der Waals surface area contributed by atoms with E-state index in [1.807, 2.05) is 13.8 Å². The first-order valence-electron chi connectivity index (χ1n) is 5.81. The summed E-state index contributed by atoms with van der Waals surface area (Å²) in [5.41, 5.74) is 5.89. The van der Waals surface area contributed by atoms with Crippen LogP contribution in [0.3, 0.4) is 0 Å². The van der Waals surface area contributed by atoms with E-state index in [0.717, 1.165) is 0 Å². The van der Waals surface area contributed by atoms with Crippen LogP contribution in [-0.4, -0.2) is 25.6 Å². The zero-order valence-electron chi connectivity index (χ0n) is 10.9. The molecular weight excluding hydrogens is 235 g/mol. The average molecular weight is 254 g/mol. The van der Waals surface area contributed by atoms with Crippen molar-refractivity contribution >= 4 is 5.91 Å². The number of hydrogen-bond donors (Lipinski definition) is 2. The van der Waals surface area contributed by atoms with E-state index in [1.165, 1.54) is 19.2 Å². The van der Waals surface area contributed by atoms with Crippen LogP contribution in [0.2, 0.25) is 0 Å². The second kappa shape index (κ2) is 6.35. The minimum atomic E-state index is -0.548. The van der Waals surface area contributed by atoms with Gasteiger partial charge in [-0.2, -0.15) is 0 Å². The lowest BCUT2D eigenvalue weighted by Gasteiger charge is -2.17. The number of carbonyl (C=O) groups is 1. The van der Waals surface area contributed by atoms with Crippen LogP contribution < -0.4 is 15.8 Å². The zero-order chi connectivity index (χ0) is 13.7. The number of hydrogen-bond acceptors (Lipinski definition) is 3. The lowest BCUT2D eigenvalue weighted by Crippen LogP contribution is -2.34. The van der Waals surface area contributed by atoms with Crippen molar-refractivity contribution in [3.8, 4) is 5.75 Å². The Labute approximate surface area is 106 Å². The van der Waals surface area contributed by atoms with Crippen LogP contribution >= 0.6 is 0 Å². The molecule has 4 nitrogen and oxygen atoms in total. The topological polar surface area (TPSA) is 64.3 Å². The number of halogens is 1. The van der Waals surface area contributed by atoms with E-state index in [1.54, 1.807) is 6.07 Å². The molecule has 1 atom stereocenters. The Balaban J connectivity index is 2.92. The van der Waals surface area contributed by atoms with Gasteiger partial charge in [-0.1, -0.05) is 19.9 Å². The summed E-state index contributed by atoms with van der Waals surface area (Å²) in [5.74, 6) is -1.37. The van der Waals surface area contributed by atoms with Gasteiger partial charge in [-0.05, 0) is 17.7 Å². The van der Waals surface area contributed by atoms with Crippen LogP contribution in [0.5, 0.6) is 5.75 Å². The molecule has 3 N–H and O–H groups in total. The Hall–Kier alpha value is -1.62. The van der Waals surface area contributed by atoms with E-state index in [4.69, 9.17) is 10.5 Å². The molecule has 5 heteroatoms. The molecule has 0 radical (unpaired) electrons. The molecule has 1 aromatic carbocycles. The molecule has 0 fully saturated rings. The molecule has 0 unspecified atom stereocenters. The Kier molecular flexibility index (Phi) is 5.09. The van der Waals surface area contributed by atoms with Gasteiger partial charge in [0.05, 0.1) is 13.0 Å². The summed E-state index contributed by atoms with van der Waals surface area (Å²) >= 11 is 0. The highest BCUT2D eigenvalue weighted by Gasteiger charge is 2.19. The van der Waals surface area contributed by atoms with Gasteiger partial charge in [-0.3, -0.25) is 4.79 Å². The number of primary amides is 1. The van der Waals surface area contributed by atoms with Crippen molar-refractivity contribution in [1.29, 1.82) is 0 Å². The molecule has 0 aliphatic rings. The summed E-state index contributed by atoms with van der Waals surface area (Å²) in [6, 6.07) is 4.67.